The Labute approximate surface area is 199 Å². The SMILES string of the molecule is CCC/C=C\CCCCCCCC(=O)NC(CO)C(O)/C=C/CCCCCCCCCC. The van der Waals surface area contributed by atoms with Gasteiger partial charge >= 0.3 is 0 Å². The lowest BCUT2D eigenvalue weighted by Gasteiger charge is -2.20. The van der Waals surface area contributed by atoms with Crippen LogP contribution < -0.4 is 5.32 Å². The van der Waals surface area contributed by atoms with Gasteiger partial charge in [-0.2, -0.15) is 0 Å². The zero-order valence-corrected chi connectivity index (χ0v) is 21.2. The molecule has 0 aromatic rings. The smallest absolute Gasteiger partial charge is 0.220 e. The number of hydrogen-bond acceptors (Lipinski definition) is 3. The minimum Gasteiger partial charge on any atom is -0.394 e. The number of aliphatic hydroxyl groups excluding tert-OH is 2. The van der Waals surface area contributed by atoms with Gasteiger partial charge in [0, 0.05) is 6.42 Å². The van der Waals surface area contributed by atoms with Crippen molar-refractivity contribution in [2.75, 3.05) is 6.61 Å². The molecule has 0 aromatic heterocycles. The van der Waals surface area contributed by atoms with E-state index >= 15 is 0 Å². The fourth-order valence-electron chi connectivity index (χ4n) is 3.76. The molecule has 0 aliphatic carbocycles. The van der Waals surface area contributed by atoms with Gasteiger partial charge in [0.05, 0.1) is 18.8 Å². The van der Waals surface area contributed by atoms with Gasteiger partial charge in [0.2, 0.25) is 5.91 Å². The number of aliphatic hydroxyl groups is 2. The Bertz CT molecular complexity index is 462. The van der Waals surface area contributed by atoms with Crippen molar-refractivity contribution in [2.45, 2.75) is 142 Å². The Morgan fingerprint density at radius 3 is 1.84 bits per heavy atom. The minimum atomic E-state index is -0.834. The van der Waals surface area contributed by atoms with E-state index in [0.29, 0.717) is 6.42 Å². The summed E-state index contributed by atoms with van der Waals surface area (Å²) in [6.45, 7) is 4.19. The van der Waals surface area contributed by atoms with Gasteiger partial charge < -0.3 is 15.5 Å². The van der Waals surface area contributed by atoms with Gasteiger partial charge in [-0.3, -0.25) is 4.79 Å². The molecule has 0 aromatic carbocycles. The molecule has 3 N–H and O–H groups in total. The van der Waals surface area contributed by atoms with Crippen LogP contribution >= 0.6 is 0 Å². The molecule has 0 saturated heterocycles. The largest absolute Gasteiger partial charge is 0.394 e. The molecule has 0 heterocycles. The lowest BCUT2D eigenvalue weighted by molar-refractivity contribution is -0.123. The molecule has 0 spiro atoms. The van der Waals surface area contributed by atoms with Crippen molar-refractivity contribution in [1.29, 1.82) is 0 Å². The molecule has 0 fully saturated rings. The van der Waals surface area contributed by atoms with Gasteiger partial charge in [-0.15, -0.1) is 0 Å². The molecule has 2 atom stereocenters. The minimum absolute atomic E-state index is 0.0814. The summed E-state index contributed by atoms with van der Waals surface area (Å²) in [5.41, 5.74) is 0. The van der Waals surface area contributed by atoms with Gasteiger partial charge in [-0.1, -0.05) is 109 Å². The van der Waals surface area contributed by atoms with Gasteiger partial charge in [0.25, 0.3) is 0 Å². The highest BCUT2D eigenvalue weighted by Gasteiger charge is 2.17. The summed E-state index contributed by atoms with van der Waals surface area (Å²) in [6, 6.07) is -0.618. The number of amides is 1. The third kappa shape index (κ3) is 20.8. The van der Waals surface area contributed by atoms with E-state index in [1.807, 2.05) is 6.08 Å². The fraction of sp³-hybridized carbons (Fsp3) is 0.821. The van der Waals surface area contributed by atoms with Crippen LogP contribution in [0.4, 0.5) is 0 Å². The molecule has 32 heavy (non-hydrogen) atoms. The number of nitrogens with one attached hydrogen (secondary N) is 1. The number of allylic oxidation sites excluding steroid dienone is 3. The molecule has 4 nitrogen and oxygen atoms in total. The topological polar surface area (TPSA) is 69.6 Å². The number of rotatable bonds is 23. The summed E-state index contributed by atoms with van der Waals surface area (Å²) in [6.07, 6.45) is 28.1. The average molecular weight is 452 g/mol. The molecule has 0 bridgehead atoms. The second kappa shape index (κ2) is 24.5. The second-order valence-electron chi connectivity index (χ2n) is 9.11. The third-order valence-electron chi connectivity index (χ3n) is 5.91. The van der Waals surface area contributed by atoms with Crippen LogP contribution in [0.3, 0.4) is 0 Å². The molecule has 1 amide bonds. The fourth-order valence-corrected chi connectivity index (χ4v) is 3.76. The molecule has 0 saturated carbocycles. The predicted octanol–water partition coefficient (Wildman–Crippen LogP) is 7.00. The van der Waals surface area contributed by atoms with Crippen molar-refractivity contribution in [3.05, 3.63) is 24.3 Å². The van der Waals surface area contributed by atoms with E-state index in [-0.39, 0.29) is 12.5 Å². The summed E-state index contributed by atoms with van der Waals surface area (Å²) in [5.74, 6) is -0.0814. The monoisotopic (exact) mass is 451 g/mol. The molecule has 188 valence electrons. The summed E-state index contributed by atoms with van der Waals surface area (Å²) < 4.78 is 0. The van der Waals surface area contributed by atoms with Gasteiger partial charge in [-0.25, -0.2) is 0 Å². The maximum Gasteiger partial charge on any atom is 0.220 e. The maximum atomic E-state index is 12.1. The first-order valence-corrected chi connectivity index (χ1v) is 13.6. The van der Waals surface area contributed by atoms with Crippen molar-refractivity contribution >= 4 is 5.91 Å². The summed E-state index contributed by atoms with van der Waals surface area (Å²) in [4.78, 5) is 12.1. The second-order valence-corrected chi connectivity index (χ2v) is 9.11. The molecule has 2 unspecified atom stereocenters. The van der Waals surface area contributed by atoms with E-state index in [0.717, 1.165) is 38.5 Å². The Morgan fingerprint density at radius 1 is 0.719 bits per heavy atom. The van der Waals surface area contributed by atoms with Crippen LogP contribution in [-0.4, -0.2) is 34.9 Å². The highest BCUT2D eigenvalue weighted by atomic mass is 16.3. The Balaban J connectivity index is 3.76. The van der Waals surface area contributed by atoms with E-state index < -0.39 is 12.1 Å². The molecule has 0 aliphatic rings. The highest BCUT2D eigenvalue weighted by molar-refractivity contribution is 5.76. The summed E-state index contributed by atoms with van der Waals surface area (Å²) in [5, 5.41) is 22.6. The number of carbonyl (C=O) groups excluding carboxylic acids is 1. The van der Waals surface area contributed by atoms with Crippen LogP contribution in [0.5, 0.6) is 0 Å². The molecular formula is C28H53NO3. The first-order chi connectivity index (χ1) is 15.7. The Kier molecular flexibility index (Phi) is 23.6. The van der Waals surface area contributed by atoms with Crippen molar-refractivity contribution in [1.82, 2.24) is 5.32 Å². The highest BCUT2D eigenvalue weighted by Crippen LogP contribution is 2.11. The normalized spacial score (nSPS) is 13.8. The van der Waals surface area contributed by atoms with Gasteiger partial charge in [0.15, 0.2) is 0 Å². The molecule has 0 rings (SSSR count). The lowest BCUT2D eigenvalue weighted by Crippen LogP contribution is -2.45. The van der Waals surface area contributed by atoms with E-state index in [2.05, 4.69) is 31.3 Å². The van der Waals surface area contributed by atoms with Crippen molar-refractivity contribution in [3.63, 3.8) is 0 Å². The quantitative estimate of drug-likeness (QED) is 0.116. The van der Waals surface area contributed by atoms with E-state index in [9.17, 15) is 15.0 Å². The average Bonchev–Trinajstić information content (AvgIpc) is 2.79. The molecular weight excluding hydrogens is 398 g/mol. The lowest BCUT2D eigenvalue weighted by atomic mass is 10.1. The van der Waals surface area contributed by atoms with Crippen LogP contribution in [-0.2, 0) is 4.79 Å². The number of carbonyl (C=O) groups is 1. The first kappa shape index (κ1) is 30.9. The zero-order chi connectivity index (χ0) is 23.7. The van der Waals surface area contributed by atoms with Crippen LogP contribution in [0.2, 0.25) is 0 Å². The van der Waals surface area contributed by atoms with E-state index in [1.54, 1.807) is 6.08 Å². The van der Waals surface area contributed by atoms with Crippen LogP contribution in [0.1, 0.15) is 129 Å². The molecule has 4 heteroatoms. The Morgan fingerprint density at radius 2 is 1.25 bits per heavy atom. The molecule has 0 aliphatic heterocycles. The number of unbranched alkanes of at least 4 members (excludes halogenated alkanes) is 14. The maximum absolute atomic E-state index is 12.1. The van der Waals surface area contributed by atoms with Crippen LogP contribution in [0.25, 0.3) is 0 Å². The molecule has 0 radical (unpaired) electrons. The summed E-state index contributed by atoms with van der Waals surface area (Å²) >= 11 is 0. The van der Waals surface area contributed by atoms with Crippen molar-refractivity contribution in [2.24, 2.45) is 0 Å². The van der Waals surface area contributed by atoms with Gasteiger partial charge in [-0.05, 0) is 38.5 Å². The predicted molar refractivity (Wildman–Crippen MR) is 138 cm³/mol. The van der Waals surface area contributed by atoms with Gasteiger partial charge in [0.1, 0.15) is 0 Å². The van der Waals surface area contributed by atoms with Crippen LogP contribution in [0, 0.1) is 0 Å². The van der Waals surface area contributed by atoms with E-state index in [4.69, 9.17) is 0 Å². The number of hydrogen-bond donors (Lipinski definition) is 3. The van der Waals surface area contributed by atoms with Crippen molar-refractivity contribution < 1.29 is 15.0 Å². The van der Waals surface area contributed by atoms with Crippen LogP contribution in [0.15, 0.2) is 24.3 Å². The third-order valence-corrected chi connectivity index (χ3v) is 5.91. The summed E-state index contributed by atoms with van der Waals surface area (Å²) in [7, 11) is 0. The standard InChI is InChI=1S/C28H53NO3/c1-3-5-7-9-11-13-15-17-19-21-23-27(31)26(25-30)29-28(32)24-22-20-18-16-14-12-10-8-6-4-2/h8,10,21,23,26-27,30-31H,3-7,9,11-20,22,24-25H2,1-2H3,(H,29,32)/b10-8-,23-21+. The Hall–Kier alpha value is -1.13. The van der Waals surface area contributed by atoms with Crippen molar-refractivity contribution in [3.8, 4) is 0 Å². The first-order valence-electron chi connectivity index (χ1n) is 13.6. The van der Waals surface area contributed by atoms with E-state index in [1.165, 1.54) is 70.6 Å². The zero-order valence-electron chi connectivity index (χ0n) is 21.2.